The zero-order valence-electron chi connectivity index (χ0n) is 11.3. The second-order valence-corrected chi connectivity index (χ2v) is 5.52. The standard InChI is InChI=1S/C18H15NS/c1-14-11-12-15-7-5-6-10-17(15)18(14)13-19-20-16-8-3-2-4-9-16/h2-13H,1H3/b19-13+. The molecule has 0 heterocycles. The predicted molar refractivity (Wildman–Crippen MR) is 88.6 cm³/mol. The van der Waals surface area contributed by atoms with Gasteiger partial charge in [0.25, 0.3) is 0 Å². The van der Waals surface area contributed by atoms with E-state index < -0.39 is 0 Å². The van der Waals surface area contributed by atoms with Gasteiger partial charge in [-0.25, -0.2) is 4.40 Å². The minimum absolute atomic E-state index is 1.15. The first-order valence-electron chi connectivity index (χ1n) is 6.58. The number of fused-ring (bicyclic) bond motifs is 1. The van der Waals surface area contributed by atoms with E-state index in [1.54, 1.807) is 0 Å². The van der Waals surface area contributed by atoms with Crippen LogP contribution in [0.3, 0.4) is 0 Å². The van der Waals surface area contributed by atoms with Crippen LogP contribution in [0.25, 0.3) is 10.8 Å². The number of hydrogen-bond donors (Lipinski definition) is 0. The maximum absolute atomic E-state index is 4.51. The van der Waals surface area contributed by atoms with Gasteiger partial charge in [-0.2, -0.15) is 0 Å². The van der Waals surface area contributed by atoms with Gasteiger partial charge in [-0.3, -0.25) is 0 Å². The topological polar surface area (TPSA) is 12.4 Å². The largest absolute Gasteiger partial charge is 0.219 e. The molecule has 2 heteroatoms. The van der Waals surface area contributed by atoms with Crippen LogP contribution in [0, 0.1) is 6.92 Å². The summed E-state index contributed by atoms with van der Waals surface area (Å²) in [6.45, 7) is 2.13. The highest BCUT2D eigenvalue weighted by Crippen LogP contribution is 2.23. The summed E-state index contributed by atoms with van der Waals surface area (Å²) in [6.07, 6.45) is 1.97. The van der Waals surface area contributed by atoms with Crippen LogP contribution in [0.5, 0.6) is 0 Å². The van der Waals surface area contributed by atoms with Gasteiger partial charge < -0.3 is 0 Å². The highest BCUT2D eigenvalue weighted by Gasteiger charge is 2.01. The number of aryl methyl sites for hydroxylation is 1. The van der Waals surface area contributed by atoms with E-state index in [0.717, 1.165) is 4.90 Å². The first-order valence-corrected chi connectivity index (χ1v) is 7.36. The fourth-order valence-corrected chi connectivity index (χ4v) is 2.76. The fourth-order valence-electron chi connectivity index (χ4n) is 2.20. The third kappa shape index (κ3) is 2.75. The Hall–Kier alpha value is -2.06. The zero-order chi connectivity index (χ0) is 13.8. The molecule has 0 fully saturated rings. The molecule has 0 unspecified atom stereocenters. The lowest BCUT2D eigenvalue weighted by Gasteiger charge is -2.05. The molecule has 0 radical (unpaired) electrons. The lowest BCUT2D eigenvalue weighted by Crippen LogP contribution is -1.88. The summed E-state index contributed by atoms with van der Waals surface area (Å²) >= 11 is 1.50. The molecule has 0 N–H and O–H groups in total. The van der Waals surface area contributed by atoms with E-state index in [1.807, 2.05) is 24.4 Å². The minimum Gasteiger partial charge on any atom is -0.219 e. The van der Waals surface area contributed by atoms with Crippen molar-refractivity contribution in [3.05, 3.63) is 77.9 Å². The summed E-state index contributed by atoms with van der Waals surface area (Å²) in [6, 6.07) is 22.9. The van der Waals surface area contributed by atoms with E-state index in [9.17, 15) is 0 Å². The lowest BCUT2D eigenvalue weighted by molar-refractivity contribution is 1.46. The molecule has 3 rings (SSSR count). The summed E-state index contributed by atoms with van der Waals surface area (Å²) in [4.78, 5) is 1.15. The van der Waals surface area contributed by atoms with Crippen molar-refractivity contribution in [1.82, 2.24) is 0 Å². The Morgan fingerprint density at radius 3 is 2.45 bits per heavy atom. The Kier molecular flexibility index (Phi) is 3.84. The molecule has 0 amide bonds. The minimum atomic E-state index is 1.15. The van der Waals surface area contributed by atoms with E-state index in [2.05, 4.69) is 59.9 Å². The molecular formula is C18H15NS. The van der Waals surface area contributed by atoms with Crippen LogP contribution < -0.4 is 0 Å². The predicted octanol–water partition coefficient (Wildman–Crippen LogP) is 5.27. The van der Waals surface area contributed by atoms with Gasteiger partial charge in [0, 0.05) is 28.6 Å². The molecule has 0 bridgehead atoms. The third-order valence-electron chi connectivity index (χ3n) is 3.27. The number of nitrogens with zero attached hydrogens (tertiary/aromatic N) is 1. The average Bonchev–Trinajstić information content (AvgIpc) is 2.50. The summed E-state index contributed by atoms with van der Waals surface area (Å²) in [7, 11) is 0. The van der Waals surface area contributed by atoms with Crippen molar-refractivity contribution in [3.63, 3.8) is 0 Å². The van der Waals surface area contributed by atoms with Crippen molar-refractivity contribution in [2.45, 2.75) is 11.8 Å². The quantitative estimate of drug-likeness (QED) is 0.469. The molecule has 3 aromatic carbocycles. The van der Waals surface area contributed by atoms with E-state index in [0.29, 0.717) is 0 Å². The van der Waals surface area contributed by atoms with Gasteiger partial charge in [0.15, 0.2) is 0 Å². The van der Waals surface area contributed by atoms with Gasteiger partial charge in [0.1, 0.15) is 0 Å². The number of rotatable bonds is 3. The van der Waals surface area contributed by atoms with Crippen LogP contribution >= 0.6 is 11.9 Å². The zero-order valence-corrected chi connectivity index (χ0v) is 12.1. The van der Waals surface area contributed by atoms with Crippen molar-refractivity contribution in [3.8, 4) is 0 Å². The summed E-state index contributed by atoms with van der Waals surface area (Å²) in [5, 5.41) is 2.51. The van der Waals surface area contributed by atoms with Crippen molar-refractivity contribution >= 4 is 28.9 Å². The molecule has 0 aliphatic rings. The van der Waals surface area contributed by atoms with Crippen LogP contribution in [-0.4, -0.2) is 6.21 Å². The molecule has 0 saturated heterocycles. The van der Waals surface area contributed by atoms with Crippen molar-refractivity contribution < 1.29 is 0 Å². The Morgan fingerprint density at radius 1 is 0.850 bits per heavy atom. The first kappa shape index (κ1) is 12.9. The molecule has 0 aliphatic carbocycles. The van der Waals surface area contributed by atoms with Gasteiger partial charge in [-0.15, -0.1) is 0 Å². The van der Waals surface area contributed by atoms with Crippen LogP contribution in [0.1, 0.15) is 11.1 Å². The maximum atomic E-state index is 4.51. The second kappa shape index (κ2) is 5.93. The van der Waals surface area contributed by atoms with Gasteiger partial charge in [0.2, 0.25) is 0 Å². The Morgan fingerprint density at radius 2 is 1.60 bits per heavy atom. The monoisotopic (exact) mass is 277 g/mol. The van der Waals surface area contributed by atoms with Crippen LogP contribution in [0.2, 0.25) is 0 Å². The maximum Gasteiger partial charge on any atom is 0.0437 e. The van der Waals surface area contributed by atoms with Crippen molar-refractivity contribution in [1.29, 1.82) is 0 Å². The first-order chi connectivity index (χ1) is 9.84. The van der Waals surface area contributed by atoms with E-state index in [-0.39, 0.29) is 0 Å². The molecular weight excluding hydrogens is 262 g/mol. The SMILES string of the molecule is Cc1ccc2ccccc2c1/C=N/Sc1ccccc1. The lowest BCUT2D eigenvalue weighted by atomic mass is 10.0. The molecule has 0 saturated carbocycles. The van der Waals surface area contributed by atoms with E-state index in [4.69, 9.17) is 0 Å². The molecule has 0 aliphatic heterocycles. The number of benzene rings is 3. The summed E-state index contributed by atoms with van der Waals surface area (Å²) < 4.78 is 4.51. The molecule has 20 heavy (non-hydrogen) atoms. The summed E-state index contributed by atoms with van der Waals surface area (Å²) in [5.41, 5.74) is 2.45. The fraction of sp³-hybridized carbons (Fsp3) is 0.0556. The molecule has 3 aromatic rings. The molecule has 0 atom stereocenters. The molecule has 0 aromatic heterocycles. The van der Waals surface area contributed by atoms with Gasteiger partial charge in [0.05, 0.1) is 0 Å². The molecule has 98 valence electrons. The highest BCUT2D eigenvalue weighted by molar-refractivity contribution is 7.98. The highest BCUT2D eigenvalue weighted by atomic mass is 32.2. The van der Waals surface area contributed by atoms with Gasteiger partial charge in [-0.1, -0.05) is 54.6 Å². The van der Waals surface area contributed by atoms with Gasteiger partial charge in [-0.05, 0) is 35.4 Å². The normalized spacial score (nSPS) is 11.2. The van der Waals surface area contributed by atoms with E-state index >= 15 is 0 Å². The van der Waals surface area contributed by atoms with Crippen LogP contribution in [-0.2, 0) is 0 Å². The molecule has 0 spiro atoms. The summed E-state index contributed by atoms with van der Waals surface area (Å²) in [5.74, 6) is 0. The smallest absolute Gasteiger partial charge is 0.0437 e. The average molecular weight is 277 g/mol. The Labute approximate surface area is 123 Å². The Balaban J connectivity index is 1.92. The van der Waals surface area contributed by atoms with Gasteiger partial charge >= 0.3 is 0 Å². The van der Waals surface area contributed by atoms with Crippen molar-refractivity contribution in [2.75, 3.05) is 0 Å². The van der Waals surface area contributed by atoms with Crippen molar-refractivity contribution in [2.24, 2.45) is 4.40 Å². The van der Waals surface area contributed by atoms with Crippen LogP contribution in [0.15, 0.2) is 76.0 Å². The van der Waals surface area contributed by atoms with Crippen LogP contribution in [0.4, 0.5) is 0 Å². The number of hydrogen-bond acceptors (Lipinski definition) is 2. The van der Waals surface area contributed by atoms with E-state index in [1.165, 1.54) is 33.8 Å². The molecule has 1 nitrogen and oxygen atoms in total. The third-order valence-corrected chi connectivity index (χ3v) is 3.97. The Bertz CT molecular complexity index is 748. The second-order valence-electron chi connectivity index (χ2n) is 4.66.